The monoisotopic (exact) mass is 440 g/mol. The van der Waals surface area contributed by atoms with Crippen molar-refractivity contribution in [3.63, 3.8) is 0 Å². The van der Waals surface area contributed by atoms with Crippen molar-refractivity contribution in [3.8, 4) is 0 Å². The first-order valence-electron chi connectivity index (χ1n) is 14.9. The molecule has 0 radical (unpaired) electrons. The Labute approximate surface area is 201 Å². The molecule has 0 N–H and O–H groups in total. The Kier molecular flexibility index (Phi) is 5.56. The summed E-state index contributed by atoms with van der Waals surface area (Å²) in [5, 5.41) is 0. The average Bonchev–Trinajstić information content (AvgIpc) is 3.05. The van der Waals surface area contributed by atoms with Crippen LogP contribution in [0.2, 0.25) is 0 Å². The molecule has 5 aliphatic rings. The molecule has 184 valence electrons. The molecule has 32 heavy (non-hydrogen) atoms. The highest BCUT2D eigenvalue weighted by Gasteiger charge is 2.70. The molecule has 5 rings (SSSR count). The summed E-state index contributed by atoms with van der Waals surface area (Å²) in [6, 6.07) is 0. The van der Waals surface area contributed by atoms with Gasteiger partial charge in [0.15, 0.2) is 0 Å². The number of hydrogen-bond donors (Lipinski definition) is 0. The molecule has 0 heterocycles. The van der Waals surface area contributed by atoms with E-state index < -0.39 is 0 Å². The minimum atomic E-state index is 0.559. The molecule has 10 atom stereocenters. The largest absolute Gasteiger partial charge is 0.0654 e. The maximum absolute atomic E-state index is 2.83. The first kappa shape index (κ1) is 23.7. The highest BCUT2D eigenvalue weighted by molar-refractivity contribution is 5.19. The lowest BCUT2D eigenvalue weighted by Crippen LogP contribution is -2.65. The van der Waals surface area contributed by atoms with E-state index in [1.54, 1.807) is 6.42 Å². The lowest BCUT2D eigenvalue weighted by molar-refractivity contribution is -0.241. The Morgan fingerprint density at radius 1 is 0.656 bits per heavy atom. The summed E-state index contributed by atoms with van der Waals surface area (Å²) >= 11 is 0. The van der Waals surface area contributed by atoms with Crippen LogP contribution < -0.4 is 0 Å². The molecule has 5 saturated carbocycles. The SMILES string of the molecule is CCC[C@H](C)[C@H]1CC[C@@]2(C)[C@@H]1CC[C@]1(C)[C@@H]2CC[C@@H]2[C@@]3(C)CCCC(C)(C)[C@@H]3CC[C@]21C. The van der Waals surface area contributed by atoms with Crippen LogP contribution in [0, 0.1) is 62.6 Å². The molecule has 0 aromatic rings. The van der Waals surface area contributed by atoms with E-state index in [0.29, 0.717) is 27.1 Å². The third-order valence-electron chi connectivity index (χ3n) is 14.2. The van der Waals surface area contributed by atoms with Gasteiger partial charge >= 0.3 is 0 Å². The van der Waals surface area contributed by atoms with Crippen LogP contribution in [0.15, 0.2) is 0 Å². The first-order chi connectivity index (χ1) is 14.9. The zero-order chi connectivity index (χ0) is 23.2. The van der Waals surface area contributed by atoms with Gasteiger partial charge in [-0.15, -0.1) is 0 Å². The van der Waals surface area contributed by atoms with E-state index in [2.05, 4.69) is 55.4 Å². The smallest absolute Gasteiger partial charge is 0.0235 e. The molecule has 5 aliphatic carbocycles. The summed E-state index contributed by atoms with van der Waals surface area (Å²) < 4.78 is 0. The van der Waals surface area contributed by atoms with Crippen molar-refractivity contribution in [2.75, 3.05) is 0 Å². The molecule has 0 spiro atoms. The van der Waals surface area contributed by atoms with Gasteiger partial charge < -0.3 is 0 Å². The van der Waals surface area contributed by atoms with Crippen LogP contribution in [0.4, 0.5) is 0 Å². The van der Waals surface area contributed by atoms with E-state index in [-0.39, 0.29) is 0 Å². The normalized spacial score (nSPS) is 55.3. The van der Waals surface area contributed by atoms with Gasteiger partial charge in [-0.25, -0.2) is 0 Å². The van der Waals surface area contributed by atoms with Gasteiger partial charge in [-0.05, 0) is 127 Å². The maximum atomic E-state index is 2.83. The average molecular weight is 441 g/mol. The fourth-order valence-electron chi connectivity index (χ4n) is 12.7. The minimum Gasteiger partial charge on any atom is -0.0654 e. The Hall–Kier alpha value is 0. The fourth-order valence-corrected chi connectivity index (χ4v) is 12.7. The second-order valence-corrected chi connectivity index (χ2v) is 15.6. The maximum Gasteiger partial charge on any atom is -0.0235 e. The number of rotatable bonds is 3. The van der Waals surface area contributed by atoms with Crippen molar-refractivity contribution in [3.05, 3.63) is 0 Å². The van der Waals surface area contributed by atoms with Crippen LogP contribution >= 0.6 is 0 Å². The summed E-state index contributed by atoms with van der Waals surface area (Å²) in [6.45, 7) is 21.4. The van der Waals surface area contributed by atoms with Gasteiger partial charge in [-0.2, -0.15) is 0 Å². The molecule has 0 bridgehead atoms. The fraction of sp³-hybridized carbons (Fsp3) is 1.00. The molecule has 0 saturated heterocycles. The highest BCUT2D eigenvalue weighted by Crippen LogP contribution is 2.78. The van der Waals surface area contributed by atoms with E-state index >= 15 is 0 Å². The van der Waals surface area contributed by atoms with Crippen LogP contribution in [0.25, 0.3) is 0 Å². The van der Waals surface area contributed by atoms with Gasteiger partial charge in [0, 0.05) is 0 Å². The standard InChI is InChI=1S/C32H56/c1-9-11-22(2)23-14-19-29(5)24(23)15-20-31(7)26(29)12-13-27-30(6)18-10-17-28(3,4)25(30)16-21-32(27,31)8/h22-27H,9-21H2,1-8H3/t22-,23+,24+,25-,26+,27+,29-,30-,31+,32+/m0/s1. The molecule has 0 nitrogen and oxygen atoms in total. The van der Waals surface area contributed by atoms with Crippen molar-refractivity contribution in [2.24, 2.45) is 62.6 Å². The van der Waals surface area contributed by atoms with Crippen molar-refractivity contribution >= 4 is 0 Å². The van der Waals surface area contributed by atoms with Crippen molar-refractivity contribution in [1.82, 2.24) is 0 Å². The lowest BCUT2D eigenvalue weighted by atomic mass is 9.32. The predicted molar refractivity (Wildman–Crippen MR) is 139 cm³/mol. The molecule has 0 aromatic carbocycles. The first-order valence-corrected chi connectivity index (χ1v) is 14.9. The van der Waals surface area contributed by atoms with Gasteiger partial charge in [-0.3, -0.25) is 0 Å². The Bertz CT molecular complexity index is 720. The Balaban J connectivity index is 1.48. The summed E-state index contributed by atoms with van der Waals surface area (Å²) in [4.78, 5) is 0. The van der Waals surface area contributed by atoms with Gasteiger partial charge in [0.1, 0.15) is 0 Å². The zero-order valence-electron chi connectivity index (χ0n) is 23.2. The van der Waals surface area contributed by atoms with E-state index in [0.717, 1.165) is 35.5 Å². The van der Waals surface area contributed by atoms with Gasteiger partial charge in [0.2, 0.25) is 0 Å². The van der Waals surface area contributed by atoms with E-state index in [4.69, 9.17) is 0 Å². The number of hydrogen-bond acceptors (Lipinski definition) is 0. The molecule has 5 fully saturated rings. The van der Waals surface area contributed by atoms with E-state index in [9.17, 15) is 0 Å². The zero-order valence-corrected chi connectivity index (χ0v) is 23.2. The second kappa shape index (κ2) is 7.50. The van der Waals surface area contributed by atoms with Crippen LogP contribution in [0.1, 0.15) is 139 Å². The molecular formula is C32H56. The van der Waals surface area contributed by atoms with Crippen LogP contribution in [0.3, 0.4) is 0 Å². The van der Waals surface area contributed by atoms with Crippen molar-refractivity contribution in [2.45, 2.75) is 139 Å². The summed E-state index contributed by atoms with van der Waals surface area (Å²) in [5.41, 5.74) is 2.91. The third kappa shape index (κ3) is 2.92. The molecule has 0 aromatic heterocycles. The summed E-state index contributed by atoms with van der Waals surface area (Å²) in [7, 11) is 0. The Morgan fingerprint density at radius 3 is 1.94 bits per heavy atom. The van der Waals surface area contributed by atoms with Crippen LogP contribution in [-0.2, 0) is 0 Å². The molecule has 0 aliphatic heterocycles. The van der Waals surface area contributed by atoms with E-state index in [1.165, 1.54) is 77.0 Å². The predicted octanol–water partition coefficient (Wildman–Crippen LogP) is 9.91. The second-order valence-electron chi connectivity index (χ2n) is 15.6. The lowest BCUT2D eigenvalue weighted by Gasteiger charge is -2.73. The summed E-state index contributed by atoms with van der Waals surface area (Å²) in [6.07, 6.45) is 19.5. The topological polar surface area (TPSA) is 0 Å². The molecular weight excluding hydrogens is 384 g/mol. The van der Waals surface area contributed by atoms with Crippen molar-refractivity contribution in [1.29, 1.82) is 0 Å². The minimum absolute atomic E-state index is 0.559. The molecule has 0 heteroatoms. The molecule has 0 unspecified atom stereocenters. The molecule has 0 amide bonds. The highest BCUT2D eigenvalue weighted by atomic mass is 14.7. The summed E-state index contributed by atoms with van der Waals surface area (Å²) in [5.74, 6) is 5.88. The van der Waals surface area contributed by atoms with Gasteiger partial charge in [-0.1, -0.05) is 74.7 Å². The Morgan fingerprint density at radius 2 is 1.28 bits per heavy atom. The van der Waals surface area contributed by atoms with Crippen molar-refractivity contribution < 1.29 is 0 Å². The third-order valence-corrected chi connectivity index (χ3v) is 14.2. The van der Waals surface area contributed by atoms with Gasteiger partial charge in [0.25, 0.3) is 0 Å². The van der Waals surface area contributed by atoms with Crippen LogP contribution in [0.5, 0.6) is 0 Å². The number of fused-ring (bicyclic) bond motifs is 7. The van der Waals surface area contributed by atoms with Crippen LogP contribution in [-0.4, -0.2) is 0 Å². The van der Waals surface area contributed by atoms with E-state index in [1.807, 2.05) is 0 Å². The quantitative estimate of drug-likeness (QED) is 0.409. The van der Waals surface area contributed by atoms with Gasteiger partial charge in [0.05, 0.1) is 0 Å².